The van der Waals surface area contributed by atoms with Gasteiger partial charge in [0.2, 0.25) is 15.9 Å². The summed E-state index contributed by atoms with van der Waals surface area (Å²) in [5.41, 5.74) is 0. The van der Waals surface area contributed by atoms with Crippen LogP contribution in [0.4, 0.5) is 0 Å². The first-order valence-corrected chi connectivity index (χ1v) is 8.88. The maximum Gasteiger partial charge on any atom is 0.305 e. The Balaban J connectivity index is 1.77. The molecule has 0 spiro atoms. The number of amides is 1. The molecule has 120 valence electrons. The fraction of sp³-hybridized carbons (Fsp3) is 0.846. The number of hydrogen-bond donors (Lipinski definition) is 0. The van der Waals surface area contributed by atoms with Gasteiger partial charge in [0, 0.05) is 38.5 Å². The smallest absolute Gasteiger partial charge is 0.305 e. The van der Waals surface area contributed by atoms with Gasteiger partial charge >= 0.3 is 5.97 Å². The van der Waals surface area contributed by atoms with E-state index in [1.165, 1.54) is 11.4 Å². The molecule has 1 saturated heterocycles. The SMILES string of the molecule is COC(=O)CCCS(=O)(=O)N1CCN(C(=O)C2CC2)CC1. The van der Waals surface area contributed by atoms with Gasteiger partial charge in [0.15, 0.2) is 0 Å². The molecule has 2 aliphatic rings. The lowest BCUT2D eigenvalue weighted by Crippen LogP contribution is -2.51. The highest BCUT2D eigenvalue weighted by atomic mass is 32.2. The van der Waals surface area contributed by atoms with Crippen LogP contribution in [0.15, 0.2) is 0 Å². The van der Waals surface area contributed by atoms with Crippen LogP contribution in [-0.2, 0) is 24.3 Å². The van der Waals surface area contributed by atoms with Gasteiger partial charge in [0.25, 0.3) is 0 Å². The van der Waals surface area contributed by atoms with E-state index >= 15 is 0 Å². The standard InChI is InChI=1S/C13H22N2O5S/c1-20-12(16)3-2-10-21(18,19)15-8-6-14(7-9-15)13(17)11-4-5-11/h11H,2-10H2,1H3. The molecule has 1 amide bonds. The molecule has 1 aliphatic carbocycles. The molecule has 0 unspecified atom stereocenters. The predicted molar refractivity (Wildman–Crippen MR) is 75.9 cm³/mol. The Hall–Kier alpha value is -1.15. The van der Waals surface area contributed by atoms with E-state index in [4.69, 9.17) is 0 Å². The lowest BCUT2D eigenvalue weighted by atomic mass is 10.3. The molecule has 0 radical (unpaired) electrons. The van der Waals surface area contributed by atoms with Crippen LogP contribution in [0.2, 0.25) is 0 Å². The number of sulfonamides is 1. The van der Waals surface area contributed by atoms with Crippen molar-refractivity contribution < 1.29 is 22.7 Å². The molecule has 1 heterocycles. The van der Waals surface area contributed by atoms with Crippen LogP contribution in [0.25, 0.3) is 0 Å². The molecule has 0 N–H and O–H groups in total. The van der Waals surface area contributed by atoms with Crippen LogP contribution >= 0.6 is 0 Å². The predicted octanol–water partition coefficient (Wildman–Crippen LogP) is -0.176. The van der Waals surface area contributed by atoms with Crippen molar-refractivity contribution in [1.82, 2.24) is 9.21 Å². The highest BCUT2D eigenvalue weighted by Crippen LogP contribution is 2.31. The summed E-state index contributed by atoms with van der Waals surface area (Å²) in [7, 11) is -2.07. The number of carbonyl (C=O) groups is 2. The Bertz CT molecular complexity index is 493. The number of ether oxygens (including phenoxy) is 1. The van der Waals surface area contributed by atoms with E-state index in [0.717, 1.165) is 12.8 Å². The quantitative estimate of drug-likeness (QED) is 0.635. The second kappa shape index (κ2) is 6.74. The number of nitrogens with zero attached hydrogens (tertiary/aromatic N) is 2. The largest absolute Gasteiger partial charge is 0.469 e. The van der Waals surface area contributed by atoms with E-state index in [0.29, 0.717) is 26.2 Å². The third-order valence-electron chi connectivity index (χ3n) is 3.88. The average molecular weight is 318 g/mol. The van der Waals surface area contributed by atoms with E-state index < -0.39 is 16.0 Å². The fourth-order valence-corrected chi connectivity index (χ4v) is 3.89. The van der Waals surface area contributed by atoms with Gasteiger partial charge in [-0.3, -0.25) is 9.59 Å². The molecule has 2 fully saturated rings. The maximum atomic E-state index is 12.1. The van der Waals surface area contributed by atoms with E-state index in [-0.39, 0.29) is 30.4 Å². The summed E-state index contributed by atoms with van der Waals surface area (Å²) in [5.74, 6) is -0.116. The van der Waals surface area contributed by atoms with Gasteiger partial charge in [0.05, 0.1) is 12.9 Å². The fourth-order valence-electron chi connectivity index (χ4n) is 2.41. The average Bonchev–Trinajstić information content (AvgIpc) is 3.31. The molecule has 0 aromatic heterocycles. The molecule has 1 saturated carbocycles. The summed E-state index contributed by atoms with van der Waals surface area (Å²) in [6, 6.07) is 0. The van der Waals surface area contributed by atoms with Crippen LogP contribution in [-0.4, -0.2) is 68.5 Å². The second-order valence-electron chi connectivity index (χ2n) is 5.49. The second-order valence-corrected chi connectivity index (χ2v) is 7.58. The van der Waals surface area contributed by atoms with Gasteiger partial charge in [-0.05, 0) is 19.3 Å². The number of hydrogen-bond acceptors (Lipinski definition) is 5. The monoisotopic (exact) mass is 318 g/mol. The normalized spacial score (nSPS) is 20.3. The number of methoxy groups -OCH3 is 1. The zero-order valence-corrected chi connectivity index (χ0v) is 13.1. The Kier molecular flexibility index (Phi) is 5.21. The molecule has 21 heavy (non-hydrogen) atoms. The van der Waals surface area contributed by atoms with Gasteiger partial charge in [-0.2, -0.15) is 4.31 Å². The molecule has 0 bridgehead atoms. The van der Waals surface area contributed by atoms with Crippen LogP contribution in [0, 0.1) is 5.92 Å². The van der Waals surface area contributed by atoms with Crippen molar-refractivity contribution in [3.8, 4) is 0 Å². The lowest BCUT2D eigenvalue weighted by Gasteiger charge is -2.34. The number of rotatable bonds is 6. The van der Waals surface area contributed by atoms with Gasteiger partial charge in [-0.1, -0.05) is 0 Å². The summed E-state index contributed by atoms with van der Waals surface area (Å²) < 4.78 is 30.2. The molecule has 0 atom stereocenters. The van der Waals surface area contributed by atoms with Gasteiger partial charge in [-0.25, -0.2) is 8.42 Å². The summed E-state index contributed by atoms with van der Waals surface area (Å²) in [6.45, 7) is 1.62. The maximum absolute atomic E-state index is 12.1. The van der Waals surface area contributed by atoms with E-state index in [1.807, 2.05) is 0 Å². The number of esters is 1. The molecule has 1 aliphatic heterocycles. The zero-order valence-electron chi connectivity index (χ0n) is 12.3. The molecule has 0 aromatic rings. The van der Waals surface area contributed by atoms with Crippen molar-refractivity contribution in [1.29, 1.82) is 0 Å². The first-order valence-electron chi connectivity index (χ1n) is 7.27. The first kappa shape index (κ1) is 16.2. The van der Waals surface area contributed by atoms with Crippen molar-refractivity contribution in [2.24, 2.45) is 5.92 Å². The number of piperazine rings is 1. The van der Waals surface area contributed by atoms with E-state index in [2.05, 4.69) is 4.74 Å². The Morgan fingerprint density at radius 1 is 1.14 bits per heavy atom. The van der Waals surface area contributed by atoms with Gasteiger partial charge in [0.1, 0.15) is 0 Å². The summed E-state index contributed by atoms with van der Waals surface area (Å²) >= 11 is 0. The third-order valence-corrected chi connectivity index (χ3v) is 5.84. The summed E-state index contributed by atoms with van der Waals surface area (Å²) in [4.78, 5) is 24.7. The highest BCUT2D eigenvalue weighted by Gasteiger charge is 2.36. The van der Waals surface area contributed by atoms with Crippen molar-refractivity contribution in [3.05, 3.63) is 0 Å². The Morgan fingerprint density at radius 2 is 1.76 bits per heavy atom. The van der Waals surface area contributed by atoms with E-state index in [9.17, 15) is 18.0 Å². The molecular formula is C13H22N2O5S. The first-order chi connectivity index (χ1) is 9.94. The van der Waals surface area contributed by atoms with Crippen molar-refractivity contribution in [2.75, 3.05) is 39.0 Å². The van der Waals surface area contributed by atoms with Crippen molar-refractivity contribution in [2.45, 2.75) is 25.7 Å². The molecule has 2 rings (SSSR count). The highest BCUT2D eigenvalue weighted by molar-refractivity contribution is 7.89. The van der Waals surface area contributed by atoms with Crippen molar-refractivity contribution >= 4 is 21.9 Å². The van der Waals surface area contributed by atoms with Crippen LogP contribution in [0.1, 0.15) is 25.7 Å². The molecule has 8 heteroatoms. The van der Waals surface area contributed by atoms with Crippen molar-refractivity contribution in [3.63, 3.8) is 0 Å². The third kappa shape index (κ3) is 4.41. The molecular weight excluding hydrogens is 296 g/mol. The summed E-state index contributed by atoms with van der Waals surface area (Å²) in [6.07, 6.45) is 2.29. The minimum atomic E-state index is -3.35. The minimum absolute atomic E-state index is 0.0569. The van der Waals surface area contributed by atoms with Gasteiger partial charge < -0.3 is 9.64 Å². The molecule has 0 aromatic carbocycles. The topological polar surface area (TPSA) is 84.0 Å². The lowest BCUT2D eigenvalue weighted by molar-refractivity contribution is -0.140. The Labute approximate surface area is 125 Å². The van der Waals surface area contributed by atoms with Gasteiger partial charge in [-0.15, -0.1) is 0 Å². The number of carbonyl (C=O) groups excluding carboxylic acids is 2. The Morgan fingerprint density at radius 3 is 2.29 bits per heavy atom. The van der Waals surface area contributed by atoms with Crippen LogP contribution < -0.4 is 0 Å². The van der Waals surface area contributed by atoms with Crippen LogP contribution in [0.3, 0.4) is 0 Å². The van der Waals surface area contributed by atoms with Crippen LogP contribution in [0.5, 0.6) is 0 Å². The zero-order chi connectivity index (χ0) is 15.5. The van der Waals surface area contributed by atoms with E-state index in [1.54, 1.807) is 4.90 Å². The molecule has 7 nitrogen and oxygen atoms in total. The minimum Gasteiger partial charge on any atom is -0.469 e. The summed E-state index contributed by atoms with van der Waals surface area (Å²) in [5, 5.41) is 0.